The zero-order valence-corrected chi connectivity index (χ0v) is 8.96. The SMILES string of the molecule is CC(C)(C)OC(=O)N1CC(F)(F)[C@H]1CO. The van der Waals surface area contributed by atoms with Crippen LogP contribution in [0.5, 0.6) is 0 Å². The molecule has 0 bridgehead atoms. The molecule has 15 heavy (non-hydrogen) atoms. The van der Waals surface area contributed by atoms with Crippen LogP contribution in [0.15, 0.2) is 0 Å². The Balaban J connectivity index is 2.57. The molecule has 0 aromatic rings. The summed E-state index contributed by atoms with van der Waals surface area (Å²) in [6.07, 6.45) is -0.813. The summed E-state index contributed by atoms with van der Waals surface area (Å²) in [5.74, 6) is -3.01. The normalized spacial score (nSPS) is 24.7. The Hall–Kier alpha value is -0.910. The molecule has 1 saturated heterocycles. The number of amides is 1. The van der Waals surface area contributed by atoms with Gasteiger partial charge in [0.25, 0.3) is 5.92 Å². The van der Waals surface area contributed by atoms with Crippen LogP contribution < -0.4 is 0 Å². The van der Waals surface area contributed by atoms with Crippen LogP contribution in [0, 0.1) is 0 Å². The van der Waals surface area contributed by atoms with E-state index in [2.05, 4.69) is 0 Å². The van der Waals surface area contributed by atoms with E-state index in [4.69, 9.17) is 9.84 Å². The van der Waals surface area contributed by atoms with Crippen LogP contribution >= 0.6 is 0 Å². The molecule has 0 aromatic carbocycles. The van der Waals surface area contributed by atoms with E-state index >= 15 is 0 Å². The quantitative estimate of drug-likeness (QED) is 0.727. The van der Waals surface area contributed by atoms with Crippen LogP contribution in [0.3, 0.4) is 0 Å². The Bertz CT molecular complexity index is 263. The summed E-state index contributed by atoms with van der Waals surface area (Å²) in [5.41, 5.74) is -0.720. The maximum absolute atomic E-state index is 12.8. The second-order valence-corrected chi connectivity index (χ2v) is 4.57. The van der Waals surface area contributed by atoms with Gasteiger partial charge in [-0.05, 0) is 20.8 Å². The van der Waals surface area contributed by atoms with Gasteiger partial charge in [-0.2, -0.15) is 0 Å². The Morgan fingerprint density at radius 1 is 1.60 bits per heavy atom. The van der Waals surface area contributed by atoms with Crippen LogP contribution in [0.25, 0.3) is 0 Å². The number of hydrogen-bond donors (Lipinski definition) is 1. The second-order valence-electron chi connectivity index (χ2n) is 4.57. The van der Waals surface area contributed by atoms with E-state index in [-0.39, 0.29) is 0 Å². The molecule has 1 fully saturated rings. The lowest BCUT2D eigenvalue weighted by atomic mass is 10.00. The molecule has 0 spiro atoms. The van der Waals surface area contributed by atoms with Crippen molar-refractivity contribution in [1.82, 2.24) is 4.90 Å². The van der Waals surface area contributed by atoms with Gasteiger partial charge < -0.3 is 9.84 Å². The first-order chi connectivity index (χ1) is 6.67. The zero-order chi connectivity index (χ0) is 11.9. The van der Waals surface area contributed by atoms with Crippen molar-refractivity contribution in [2.75, 3.05) is 13.2 Å². The van der Waals surface area contributed by atoms with Crippen molar-refractivity contribution in [2.24, 2.45) is 0 Å². The first kappa shape index (κ1) is 12.2. The van der Waals surface area contributed by atoms with E-state index in [1.165, 1.54) is 0 Å². The minimum Gasteiger partial charge on any atom is -0.444 e. The topological polar surface area (TPSA) is 49.8 Å². The molecule has 1 rings (SSSR count). The number of rotatable bonds is 1. The van der Waals surface area contributed by atoms with Crippen molar-refractivity contribution < 1.29 is 23.4 Å². The fourth-order valence-electron chi connectivity index (χ4n) is 1.30. The van der Waals surface area contributed by atoms with Gasteiger partial charge in [-0.15, -0.1) is 0 Å². The van der Waals surface area contributed by atoms with Crippen molar-refractivity contribution in [3.63, 3.8) is 0 Å². The number of alkyl halides is 2. The number of aliphatic hydroxyl groups is 1. The third-order valence-corrected chi connectivity index (χ3v) is 2.05. The van der Waals surface area contributed by atoms with E-state index in [1.54, 1.807) is 20.8 Å². The lowest BCUT2D eigenvalue weighted by molar-refractivity contribution is -0.185. The highest BCUT2D eigenvalue weighted by atomic mass is 19.3. The van der Waals surface area contributed by atoms with Crippen molar-refractivity contribution in [3.8, 4) is 0 Å². The van der Waals surface area contributed by atoms with E-state index in [0.29, 0.717) is 0 Å². The number of carbonyl (C=O) groups excluding carboxylic acids is 1. The fraction of sp³-hybridized carbons (Fsp3) is 0.889. The largest absolute Gasteiger partial charge is 0.444 e. The lowest BCUT2D eigenvalue weighted by Gasteiger charge is -2.46. The van der Waals surface area contributed by atoms with Crippen molar-refractivity contribution in [3.05, 3.63) is 0 Å². The van der Waals surface area contributed by atoms with Crippen molar-refractivity contribution in [2.45, 2.75) is 38.3 Å². The number of carbonyl (C=O) groups is 1. The van der Waals surface area contributed by atoms with Gasteiger partial charge in [0.15, 0.2) is 0 Å². The van der Waals surface area contributed by atoms with Gasteiger partial charge in [0.05, 0.1) is 13.2 Å². The zero-order valence-electron chi connectivity index (χ0n) is 8.96. The highest BCUT2D eigenvalue weighted by molar-refractivity contribution is 5.70. The number of ether oxygens (including phenoxy) is 1. The first-order valence-corrected chi connectivity index (χ1v) is 4.66. The first-order valence-electron chi connectivity index (χ1n) is 4.66. The molecule has 0 aliphatic carbocycles. The fourth-order valence-corrected chi connectivity index (χ4v) is 1.30. The van der Waals surface area contributed by atoms with Gasteiger partial charge >= 0.3 is 6.09 Å². The Kier molecular flexibility index (Phi) is 2.91. The molecule has 0 radical (unpaired) electrons. The monoisotopic (exact) mass is 223 g/mol. The van der Waals surface area contributed by atoms with Crippen LogP contribution in [0.2, 0.25) is 0 Å². The molecule has 88 valence electrons. The minimum absolute atomic E-state index is 0.687. The van der Waals surface area contributed by atoms with Crippen LogP contribution in [-0.4, -0.2) is 46.8 Å². The predicted octanol–water partition coefficient (Wildman–Crippen LogP) is 1.23. The summed E-state index contributed by atoms with van der Waals surface area (Å²) in [6.45, 7) is 3.50. The second kappa shape index (κ2) is 3.59. The molecule has 1 amide bonds. The van der Waals surface area contributed by atoms with E-state index in [9.17, 15) is 13.6 Å². The molecule has 0 unspecified atom stereocenters. The van der Waals surface area contributed by atoms with Gasteiger partial charge in [0.2, 0.25) is 0 Å². The maximum atomic E-state index is 12.8. The smallest absolute Gasteiger partial charge is 0.411 e. The van der Waals surface area contributed by atoms with Gasteiger partial charge in [0.1, 0.15) is 11.6 Å². The third-order valence-electron chi connectivity index (χ3n) is 2.05. The number of likely N-dealkylation sites (tertiary alicyclic amines) is 1. The molecule has 1 atom stereocenters. The molecular weight excluding hydrogens is 208 g/mol. The molecule has 1 N–H and O–H groups in total. The van der Waals surface area contributed by atoms with E-state index in [1.807, 2.05) is 0 Å². The molecule has 4 nitrogen and oxygen atoms in total. The standard InChI is InChI=1S/C9H15F2NO3/c1-8(2,3)15-7(14)12-5-9(10,11)6(12)4-13/h6,13H,4-5H2,1-3H3/t6-/m1/s1. The molecule has 0 aromatic heterocycles. The number of nitrogens with zero attached hydrogens (tertiary/aromatic N) is 1. The predicted molar refractivity (Wildman–Crippen MR) is 48.8 cm³/mol. The van der Waals surface area contributed by atoms with Crippen molar-refractivity contribution in [1.29, 1.82) is 0 Å². The summed E-state index contributed by atoms with van der Waals surface area (Å²) in [4.78, 5) is 12.2. The molecule has 6 heteroatoms. The van der Waals surface area contributed by atoms with Gasteiger partial charge in [-0.3, -0.25) is 4.90 Å². The Morgan fingerprint density at radius 3 is 2.47 bits per heavy atom. The number of halogens is 2. The van der Waals surface area contributed by atoms with Crippen LogP contribution in [0.4, 0.5) is 13.6 Å². The minimum atomic E-state index is -3.01. The summed E-state index contributed by atoms with van der Waals surface area (Å²) in [5, 5.41) is 8.71. The lowest BCUT2D eigenvalue weighted by Crippen LogP contribution is -2.68. The Morgan fingerprint density at radius 2 is 2.13 bits per heavy atom. The average Bonchev–Trinajstić information content (AvgIpc) is 1.97. The van der Waals surface area contributed by atoms with E-state index < -0.39 is 36.8 Å². The van der Waals surface area contributed by atoms with Gasteiger partial charge in [0, 0.05) is 0 Å². The van der Waals surface area contributed by atoms with Gasteiger partial charge in [-0.1, -0.05) is 0 Å². The molecule has 1 heterocycles. The van der Waals surface area contributed by atoms with Gasteiger partial charge in [-0.25, -0.2) is 13.6 Å². The molecule has 0 saturated carbocycles. The molecule has 1 aliphatic heterocycles. The van der Waals surface area contributed by atoms with Crippen LogP contribution in [0.1, 0.15) is 20.8 Å². The highest BCUT2D eigenvalue weighted by Crippen LogP contribution is 2.35. The summed E-state index contributed by atoms with van der Waals surface area (Å²) >= 11 is 0. The molecule has 1 aliphatic rings. The molecular formula is C9H15F2NO3. The average molecular weight is 223 g/mol. The number of aliphatic hydroxyl groups excluding tert-OH is 1. The highest BCUT2D eigenvalue weighted by Gasteiger charge is 2.57. The van der Waals surface area contributed by atoms with Crippen LogP contribution in [-0.2, 0) is 4.74 Å². The number of hydrogen-bond acceptors (Lipinski definition) is 3. The summed E-state index contributed by atoms with van der Waals surface area (Å²) in [7, 11) is 0. The third kappa shape index (κ3) is 2.56. The van der Waals surface area contributed by atoms with Crippen molar-refractivity contribution >= 4 is 6.09 Å². The summed E-state index contributed by atoms with van der Waals surface area (Å²) in [6, 6.07) is -1.45. The maximum Gasteiger partial charge on any atom is 0.411 e. The summed E-state index contributed by atoms with van der Waals surface area (Å²) < 4.78 is 30.6. The van der Waals surface area contributed by atoms with E-state index in [0.717, 1.165) is 4.90 Å². The Labute approximate surface area is 86.8 Å².